The van der Waals surface area contributed by atoms with E-state index < -0.39 is 18.1 Å². The second-order valence-electron chi connectivity index (χ2n) is 5.56. The molecule has 0 amide bonds. The Kier molecular flexibility index (Phi) is 5.61. The zero-order chi connectivity index (χ0) is 14.7. The summed E-state index contributed by atoms with van der Waals surface area (Å²) in [5, 5.41) is 0.905. The van der Waals surface area contributed by atoms with Crippen LogP contribution in [0.4, 0.5) is 0 Å². The third-order valence-electron chi connectivity index (χ3n) is 2.19. The molecule has 19 heavy (non-hydrogen) atoms. The van der Waals surface area contributed by atoms with Crippen LogP contribution in [0.25, 0.3) is 0 Å². The van der Waals surface area contributed by atoms with Crippen molar-refractivity contribution in [1.29, 1.82) is 0 Å². The number of hydrogen-bond donors (Lipinski definition) is 1. The predicted molar refractivity (Wildman–Crippen MR) is 89.9 cm³/mol. The Bertz CT molecular complexity index is 547. The molecule has 0 aliphatic carbocycles. The highest BCUT2D eigenvalue weighted by Gasteiger charge is 2.18. The number of aryl methyl sites for hydroxylation is 1. The molecule has 106 valence electrons. The molecule has 0 unspecified atom stereocenters. The van der Waals surface area contributed by atoms with Crippen LogP contribution in [0.5, 0.6) is 0 Å². The Labute approximate surface area is 126 Å². The lowest BCUT2D eigenvalue weighted by Gasteiger charge is -2.15. The minimum Gasteiger partial charge on any atom is -0.264 e. The molecule has 0 bridgehead atoms. The Morgan fingerprint density at radius 3 is 2.26 bits per heavy atom. The molecule has 0 aromatic heterocycles. The van der Waals surface area contributed by atoms with Crippen LogP contribution in [0, 0.1) is 6.92 Å². The molecule has 1 N–H and O–H groups in total. The molecule has 0 aliphatic heterocycles. The van der Waals surface area contributed by atoms with E-state index in [1.165, 1.54) is 11.8 Å². The van der Waals surface area contributed by atoms with Crippen molar-refractivity contribution < 1.29 is 8.42 Å². The number of sulfonamides is 1. The lowest BCUT2D eigenvalue weighted by molar-refractivity contribution is 0.593. The quantitative estimate of drug-likeness (QED) is 0.679. The Morgan fingerprint density at radius 1 is 1.26 bits per heavy atom. The predicted octanol–water partition coefficient (Wildman–Crippen LogP) is 3.17. The first-order valence-corrected chi connectivity index (χ1v) is 12.4. The number of rotatable bonds is 4. The zero-order valence-corrected chi connectivity index (χ0v) is 15.0. The summed E-state index contributed by atoms with van der Waals surface area (Å²) in [5.74, 6) is 0. The Morgan fingerprint density at radius 2 is 1.79 bits per heavy atom. The molecule has 7 heteroatoms. The van der Waals surface area contributed by atoms with E-state index in [0.29, 0.717) is 4.32 Å². The van der Waals surface area contributed by atoms with Gasteiger partial charge in [0.05, 0.1) is 13.0 Å². The van der Waals surface area contributed by atoms with E-state index >= 15 is 0 Å². The Hall–Kier alpha value is -0.373. The van der Waals surface area contributed by atoms with Crippen LogP contribution in [0.15, 0.2) is 29.2 Å². The highest BCUT2D eigenvalue weighted by molar-refractivity contribution is 8.24. The first-order chi connectivity index (χ1) is 8.60. The molecule has 0 radical (unpaired) electrons. The second kappa shape index (κ2) is 6.38. The summed E-state index contributed by atoms with van der Waals surface area (Å²) in [4.78, 5) is 0.244. The number of hydrogen-bond acceptors (Lipinski definition) is 4. The van der Waals surface area contributed by atoms with Gasteiger partial charge in [0.15, 0.2) is 0 Å². The van der Waals surface area contributed by atoms with Crippen molar-refractivity contribution in [2.24, 2.45) is 0 Å². The molecule has 0 spiro atoms. The van der Waals surface area contributed by atoms with E-state index in [9.17, 15) is 8.42 Å². The monoisotopic (exact) mass is 333 g/mol. The normalized spacial score (nSPS) is 12.2. The fourth-order valence-electron chi connectivity index (χ4n) is 1.20. The summed E-state index contributed by atoms with van der Waals surface area (Å²) in [7, 11) is -4.78. The third-order valence-corrected chi connectivity index (χ3v) is 8.67. The summed E-state index contributed by atoms with van der Waals surface area (Å²) in [6.45, 7) is 8.57. The van der Waals surface area contributed by atoms with Crippen molar-refractivity contribution in [1.82, 2.24) is 4.72 Å². The molecule has 1 rings (SSSR count). The van der Waals surface area contributed by atoms with Gasteiger partial charge in [0.2, 0.25) is 0 Å². The van der Waals surface area contributed by atoms with Gasteiger partial charge in [-0.25, -0.2) is 8.42 Å². The topological polar surface area (TPSA) is 46.2 Å². The van der Waals surface area contributed by atoms with Crippen LogP contribution >= 0.6 is 24.0 Å². The van der Waals surface area contributed by atoms with Crippen molar-refractivity contribution in [3.63, 3.8) is 0 Å². The minimum atomic E-state index is -3.54. The molecular formula is C12H19NO2S3Si. The summed E-state index contributed by atoms with van der Waals surface area (Å²) >= 11 is 6.50. The van der Waals surface area contributed by atoms with Crippen molar-refractivity contribution in [3.8, 4) is 0 Å². The highest BCUT2D eigenvalue weighted by Crippen LogP contribution is 2.15. The smallest absolute Gasteiger partial charge is 0.262 e. The van der Waals surface area contributed by atoms with Gasteiger partial charge in [-0.2, -0.15) is 0 Å². The summed E-state index contributed by atoms with van der Waals surface area (Å²) in [6, 6.07) is 6.71. The number of thiocarbonyl (C=S) groups is 1. The van der Waals surface area contributed by atoms with E-state index in [1.807, 2.05) is 6.92 Å². The zero-order valence-electron chi connectivity index (χ0n) is 11.6. The van der Waals surface area contributed by atoms with Crippen LogP contribution in [0.3, 0.4) is 0 Å². The molecule has 0 atom stereocenters. The van der Waals surface area contributed by atoms with Gasteiger partial charge in [-0.05, 0) is 24.4 Å². The molecule has 1 aromatic rings. The van der Waals surface area contributed by atoms with Crippen LogP contribution in [-0.2, 0) is 10.0 Å². The lowest BCUT2D eigenvalue weighted by Crippen LogP contribution is -2.31. The SMILES string of the molecule is Cc1ccc(S(=O)(=O)NC(=S)SC[Si](C)(C)C)cc1. The Balaban J connectivity index is 2.70. The van der Waals surface area contributed by atoms with Gasteiger partial charge in [0.25, 0.3) is 10.0 Å². The van der Waals surface area contributed by atoms with Crippen LogP contribution in [0.2, 0.25) is 19.6 Å². The fourth-order valence-corrected chi connectivity index (χ4v) is 5.71. The van der Waals surface area contributed by atoms with Crippen molar-refractivity contribution in [2.45, 2.75) is 31.5 Å². The molecule has 0 saturated carbocycles. The standard InChI is InChI=1S/C12H19NO2S3Si/c1-10-5-7-11(8-6-10)18(14,15)13-12(16)17-9-19(2,3)4/h5-8H,9H2,1-4H3,(H,13,16). The molecule has 1 aromatic carbocycles. The maximum atomic E-state index is 12.1. The van der Waals surface area contributed by atoms with Crippen LogP contribution < -0.4 is 4.72 Å². The van der Waals surface area contributed by atoms with Crippen molar-refractivity contribution in [2.75, 3.05) is 5.38 Å². The summed E-state index contributed by atoms with van der Waals surface area (Å²) in [5.41, 5.74) is 1.02. The first-order valence-electron chi connectivity index (χ1n) is 5.86. The van der Waals surface area contributed by atoms with Gasteiger partial charge in [-0.3, -0.25) is 4.72 Å². The lowest BCUT2D eigenvalue weighted by atomic mass is 10.2. The van der Waals surface area contributed by atoms with E-state index in [1.54, 1.807) is 24.3 Å². The van der Waals surface area contributed by atoms with Crippen molar-refractivity contribution in [3.05, 3.63) is 29.8 Å². The van der Waals surface area contributed by atoms with Gasteiger partial charge in [0.1, 0.15) is 4.32 Å². The van der Waals surface area contributed by atoms with Gasteiger partial charge in [-0.15, -0.1) is 0 Å². The average Bonchev–Trinajstić information content (AvgIpc) is 2.25. The summed E-state index contributed by atoms with van der Waals surface area (Å²) in [6.07, 6.45) is 0. The van der Waals surface area contributed by atoms with Gasteiger partial charge < -0.3 is 0 Å². The first kappa shape index (κ1) is 16.7. The minimum absolute atomic E-state index is 0.244. The largest absolute Gasteiger partial charge is 0.264 e. The molecule has 3 nitrogen and oxygen atoms in total. The maximum absolute atomic E-state index is 12.1. The molecule has 0 fully saturated rings. The van der Waals surface area contributed by atoms with E-state index in [2.05, 4.69) is 24.4 Å². The third kappa shape index (κ3) is 6.07. The number of thioether (sulfide) groups is 1. The van der Waals surface area contributed by atoms with E-state index in [0.717, 1.165) is 10.9 Å². The number of nitrogens with one attached hydrogen (secondary N) is 1. The van der Waals surface area contributed by atoms with E-state index in [4.69, 9.17) is 12.2 Å². The highest BCUT2D eigenvalue weighted by atomic mass is 32.2. The van der Waals surface area contributed by atoms with Gasteiger partial charge >= 0.3 is 0 Å². The van der Waals surface area contributed by atoms with Crippen LogP contribution in [-0.4, -0.2) is 26.2 Å². The van der Waals surface area contributed by atoms with Crippen molar-refractivity contribution >= 4 is 46.4 Å². The van der Waals surface area contributed by atoms with Gasteiger partial charge in [0, 0.05) is 0 Å². The van der Waals surface area contributed by atoms with Crippen LogP contribution in [0.1, 0.15) is 5.56 Å². The van der Waals surface area contributed by atoms with Gasteiger partial charge in [-0.1, -0.05) is 61.3 Å². The summed E-state index contributed by atoms with van der Waals surface area (Å²) < 4.78 is 26.9. The molecular weight excluding hydrogens is 314 g/mol. The van der Waals surface area contributed by atoms with E-state index in [-0.39, 0.29) is 4.90 Å². The molecule has 0 aliphatic rings. The number of benzene rings is 1. The molecule has 0 heterocycles. The maximum Gasteiger partial charge on any atom is 0.262 e. The molecule has 0 saturated heterocycles. The average molecular weight is 334 g/mol. The fraction of sp³-hybridized carbons (Fsp3) is 0.417. The second-order valence-corrected chi connectivity index (χ2v) is 14.9.